The van der Waals surface area contributed by atoms with Crippen LogP contribution in [0.3, 0.4) is 0 Å². The number of fused-ring (bicyclic) bond motifs is 1. The molecule has 1 aromatic heterocycles. The minimum atomic E-state index is -0.625. The third-order valence-corrected chi connectivity index (χ3v) is 6.31. The van der Waals surface area contributed by atoms with Crippen molar-refractivity contribution in [3.8, 4) is 0 Å². The van der Waals surface area contributed by atoms with Crippen molar-refractivity contribution in [1.29, 1.82) is 0 Å². The van der Waals surface area contributed by atoms with E-state index in [2.05, 4.69) is 0 Å². The predicted molar refractivity (Wildman–Crippen MR) is 116 cm³/mol. The van der Waals surface area contributed by atoms with E-state index in [4.69, 9.17) is 50.0 Å². The number of carbonyl (C=O) groups excluding carboxylic acids is 2. The molecule has 29 heavy (non-hydrogen) atoms. The Balaban J connectivity index is 1.88. The van der Waals surface area contributed by atoms with Crippen LogP contribution in [0.2, 0.25) is 15.1 Å². The molecule has 2 N–H and O–H groups in total. The summed E-state index contributed by atoms with van der Waals surface area (Å²) in [6.07, 6.45) is 0. The summed E-state index contributed by atoms with van der Waals surface area (Å²) >= 11 is 20.1. The Morgan fingerprint density at radius 2 is 1.69 bits per heavy atom. The molecule has 1 heterocycles. The highest BCUT2D eigenvalue weighted by Crippen LogP contribution is 2.37. The van der Waals surface area contributed by atoms with Gasteiger partial charge in [0.1, 0.15) is 4.88 Å². The second kappa shape index (κ2) is 9.32. The van der Waals surface area contributed by atoms with Gasteiger partial charge in [-0.25, -0.2) is 4.79 Å². The average Bonchev–Trinajstić information content (AvgIpc) is 3.04. The lowest BCUT2D eigenvalue weighted by molar-refractivity contribution is 0.0523. The van der Waals surface area contributed by atoms with Crippen molar-refractivity contribution in [2.75, 3.05) is 6.61 Å². The van der Waals surface area contributed by atoms with Gasteiger partial charge >= 0.3 is 5.97 Å². The summed E-state index contributed by atoms with van der Waals surface area (Å²) in [5, 5.41) is 1.81. The molecule has 0 aliphatic rings. The van der Waals surface area contributed by atoms with Gasteiger partial charge < -0.3 is 15.2 Å². The number of carbonyl (C=O) groups is 2. The number of ether oxygens (including phenoxy) is 2. The Morgan fingerprint density at radius 1 is 1.03 bits per heavy atom. The lowest BCUT2D eigenvalue weighted by Crippen LogP contribution is -2.11. The Hall–Kier alpha value is -1.83. The SMILES string of the molecule is CCOC(=O)c1sc2cccc(Cl)c2c1COCc1c(Cl)cc(C(N)=O)cc1Cl. The van der Waals surface area contributed by atoms with Gasteiger partial charge in [-0.2, -0.15) is 0 Å². The van der Waals surface area contributed by atoms with Crippen LogP contribution >= 0.6 is 46.1 Å². The maximum absolute atomic E-state index is 12.4. The molecule has 152 valence electrons. The third-order valence-electron chi connectivity index (χ3n) is 4.14. The van der Waals surface area contributed by atoms with E-state index in [1.807, 2.05) is 12.1 Å². The number of esters is 1. The monoisotopic (exact) mass is 471 g/mol. The number of amides is 1. The van der Waals surface area contributed by atoms with Crippen LogP contribution in [0.5, 0.6) is 0 Å². The second-order valence-corrected chi connectivity index (χ2v) is 8.29. The zero-order valence-corrected chi connectivity index (χ0v) is 18.3. The Bertz CT molecular complexity index is 1070. The van der Waals surface area contributed by atoms with Crippen molar-refractivity contribution in [3.63, 3.8) is 0 Å². The molecule has 5 nitrogen and oxygen atoms in total. The van der Waals surface area contributed by atoms with Crippen molar-refractivity contribution in [2.24, 2.45) is 5.73 Å². The van der Waals surface area contributed by atoms with E-state index >= 15 is 0 Å². The highest BCUT2D eigenvalue weighted by molar-refractivity contribution is 7.21. The minimum Gasteiger partial charge on any atom is -0.462 e. The zero-order chi connectivity index (χ0) is 21.1. The van der Waals surface area contributed by atoms with Crippen molar-refractivity contribution in [2.45, 2.75) is 20.1 Å². The van der Waals surface area contributed by atoms with Gasteiger partial charge in [-0.15, -0.1) is 11.3 Å². The Labute approximate surface area is 186 Å². The molecule has 0 saturated heterocycles. The molecule has 0 bridgehead atoms. The first-order chi connectivity index (χ1) is 13.8. The number of nitrogens with two attached hydrogens (primary N) is 1. The van der Waals surface area contributed by atoms with Crippen LogP contribution in [0.25, 0.3) is 10.1 Å². The fourth-order valence-corrected chi connectivity index (χ4v) is 4.87. The maximum Gasteiger partial charge on any atom is 0.348 e. The van der Waals surface area contributed by atoms with Gasteiger partial charge in [0.25, 0.3) is 0 Å². The summed E-state index contributed by atoms with van der Waals surface area (Å²) in [5.74, 6) is -1.05. The second-order valence-electron chi connectivity index (χ2n) is 6.02. The van der Waals surface area contributed by atoms with Gasteiger partial charge in [0.05, 0.1) is 19.8 Å². The number of thiophene rings is 1. The smallest absolute Gasteiger partial charge is 0.348 e. The first kappa shape index (κ1) is 21.9. The van der Waals surface area contributed by atoms with Crippen LogP contribution in [0, 0.1) is 0 Å². The first-order valence-electron chi connectivity index (χ1n) is 8.56. The summed E-state index contributed by atoms with van der Waals surface area (Å²) in [6.45, 7) is 2.18. The zero-order valence-electron chi connectivity index (χ0n) is 15.3. The number of halogens is 3. The van der Waals surface area contributed by atoms with Crippen LogP contribution in [0.1, 0.15) is 38.1 Å². The molecule has 1 amide bonds. The van der Waals surface area contributed by atoms with Gasteiger partial charge in [-0.3, -0.25) is 4.79 Å². The maximum atomic E-state index is 12.4. The molecule has 0 fully saturated rings. The van der Waals surface area contributed by atoms with Crippen molar-refractivity contribution in [3.05, 3.63) is 67.0 Å². The molecule has 0 atom stereocenters. The number of hydrogen-bond acceptors (Lipinski definition) is 5. The molecular formula is C20H16Cl3NO4S. The van der Waals surface area contributed by atoms with E-state index in [0.29, 0.717) is 21.0 Å². The van der Waals surface area contributed by atoms with E-state index in [0.717, 1.165) is 10.1 Å². The van der Waals surface area contributed by atoms with Gasteiger partial charge in [0.2, 0.25) is 5.91 Å². The van der Waals surface area contributed by atoms with Gasteiger partial charge in [-0.1, -0.05) is 40.9 Å². The highest BCUT2D eigenvalue weighted by atomic mass is 35.5. The largest absolute Gasteiger partial charge is 0.462 e. The topological polar surface area (TPSA) is 78.6 Å². The number of primary amides is 1. The minimum absolute atomic E-state index is 0.0702. The highest BCUT2D eigenvalue weighted by Gasteiger charge is 2.21. The van der Waals surface area contributed by atoms with Crippen molar-refractivity contribution < 1.29 is 19.1 Å². The van der Waals surface area contributed by atoms with E-state index in [1.165, 1.54) is 23.5 Å². The van der Waals surface area contributed by atoms with Crippen LogP contribution < -0.4 is 5.73 Å². The van der Waals surface area contributed by atoms with Crippen molar-refractivity contribution >= 4 is 68.1 Å². The van der Waals surface area contributed by atoms with Gasteiger partial charge in [0.15, 0.2) is 0 Å². The molecular weight excluding hydrogens is 457 g/mol. The Morgan fingerprint density at radius 3 is 2.31 bits per heavy atom. The summed E-state index contributed by atoms with van der Waals surface area (Å²) in [5.41, 5.74) is 6.64. The fourth-order valence-electron chi connectivity index (χ4n) is 2.80. The molecule has 0 radical (unpaired) electrons. The van der Waals surface area contributed by atoms with E-state index < -0.39 is 11.9 Å². The molecule has 0 aliphatic carbocycles. The van der Waals surface area contributed by atoms with E-state index in [1.54, 1.807) is 13.0 Å². The quantitative estimate of drug-likeness (QED) is 0.437. The number of benzene rings is 2. The van der Waals surface area contributed by atoms with Crippen molar-refractivity contribution in [1.82, 2.24) is 0 Å². The Kier molecular flexibility index (Phi) is 7.03. The standard InChI is InChI=1S/C20H16Cl3NO4S/c1-2-28-20(26)18-12(17-13(21)4-3-5-16(17)29-18)9-27-8-11-14(22)6-10(19(24)25)7-15(11)23/h3-7H,2,8-9H2,1H3,(H2,24,25). The summed E-state index contributed by atoms with van der Waals surface area (Å²) in [6, 6.07) is 8.34. The average molecular weight is 473 g/mol. The van der Waals surface area contributed by atoms with E-state index in [-0.39, 0.29) is 35.4 Å². The normalized spacial score (nSPS) is 11.0. The molecule has 0 spiro atoms. The van der Waals surface area contributed by atoms with Crippen LogP contribution in [-0.4, -0.2) is 18.5 Å². The number of hydrogen-bond donors (Lipinski definition) is 1. The van der Waals surface area contributed by atoms with Gasteiger partial charge in [0, 0.05) is 41.8 Å². The molecule has 0 aliphatic heterocycles. The fraction of sp³-hybridized carbons (Fsp3) is 0.200. The molecule has 3 aromatic rings. The molecule has 9 heteroatoms. The molecule has 2 aromatic carbocycles. The van der Waals surface area contributed by atoms with Gasteiger partial charge in [-0.05, 0) is 31.2 Å². The molecule has 0 saturated carbocycles. The summed E-state index contributed by atoms with van der Waals surface area (Å²) in [4.78, 5) is 24.1. The number of rotatable bonds is 7. The third kappa shape index (κ3) is 4.68. The summed E-state index contributed by atoms with van der Waals surface area (Å²) in [7, 11) is 0. The summed E-state index contributed by atoms with van der Waals surface area (Å²) < 4.78 is 11.8. The lowest BCUT2D eigenvalue weighted by Gasteiger charge is -2.11. The molecule has 0 unspecified atom stereocenters. The van der Waals surface area contributed by atoms with Crippen LogP contribution in [0.15, 0.2) is 30.3 Å². The lowest BCUT2D eigenvalue weighted by atomic mass is 10.1. The van der Waals surface area contributed by atoms with E-state index in [9.17, 15) is 9.59 Å². The van der Waals surface area contributed by atoms with Crippen LogP contribution in [-0.2, 0) is 22.7 Å². The molecule has 3 rings (SSSR count). The van der Waals surface area contributed by atoms with Crippen LogP contribution in [0.4, 0.5) is 0 Å². The first-order valence-corrected chi connectivity index (χ1v) is 10.5. The predicted octanol–water partition coefficient (Wildman–Crippen LogP) is 5.85.